The molecule has 0 saturated heterocycles. The zero-order valence-corrected chi connectivity index (χ0v) is 11.6. The lowest BCUT2D eigenvalue weighted by Gasteiger charge is -2.06. The first-order valence-corrected chi connectivity index (χ1v) is 6.82. The molecule has 3 nitrogen and oxygen atoms in total. The summed E-state index contributed by atoms with van der Waals surface area (Å²) in [4.78, 5) is 16.2. The molecular weight excluding hydrogens is 236 g/mol. The van der Waals surface area contributed by atoms with E-state index >= 15 is 0 Å². The summed E-state index contributed by atoms with van der Waals surface area (Å²) in [6, 6.07) is 10.3. The summed E-state index contributed by atoms with van der Waals surface area (Å²) in [7, 11) is 0. The van der Waals surface area contributed by atoms with Crippen LogP contribution in [0, 0.1) is 6.92 Å². The molecule has 1 aromatic carbocycles. The molecule has 0 aliphatic carbocycles. The minimum atomic E-state index is 0.105. The van der Waals surface area contributed by atoms with Gasteiger partial charge in [-0.15, -0.1) is 0 Å². The SMILES string of the molecule is CCCNC(=O)CCc1ccc2cccc(C)c2n1. The van der Waals surface area contributed by atoms with Crippen LogP contribution in [0.1, 0.15) is 31.0 Å². The average Bonchev–Trinajstić information content (AvgIpc) is 2.43. The number of pyridine rings is 1. The molecule has 1 heterocycles. The fourth-order valence-corrected chi connectivity index (χ4v) is 2.07. The molecule has 100 valence electrons. The van der Waals surface area contributed by atoms with Crippen molar-refractivity contribution in [1.82, 2.24) is 10.3 Å². The van der Waals surface area contributed by atoms with E-state index in [0.717, 1.165) is 29.6 Å². The second-order valence-electron chi connectivity index (χ2n) is 4.80. The number of aromatic nitrogens is 1. The summed E-state index contributed by atoms with van der Waals surface area (Å²) in [6.45, 7) is 4.87. The lowest BCUT2D eigenvalue weighted by atomic mass is 10.1. The minimum absolute atomic E-state index is 0.105. The van der Waals surface area contributed by atoms with Crippen LogP contribution < -0.4 is 5.32 Å². The van der Waals surface area contributed by atoms with Gasteiger partial charge >= 0.3 is 0 Å². The number of hydrogen-bond acceptors (Lipinski definition) is 2. The van der Waals surface area contributed by atoms with Gasteiger partial charge in [-0.05, 0) is 31.4 Å². The maximum Gasteiger partial charge on any atom is 0.220 e. The standard InChI is InChI=1S/C16H20N2O/c1-3-11-17-15(19)10-9-14-8-7-13-6-4-5-12(2)16(13)18-14/h4-8H,3,9-11H2,1-2H3,(H,17,19). The number of nitrogens with one attached hydrogen (secondary N) is 1. The lowest BCUT2D eigenvalue weighted by molar-refractivity contribution is -0.121. The highest BCUT2D eigenvalue weighted by molar-refractivity contribution is 5.82. The van der Waals surface area contributed by atoms with Crippen molar-refractivity contribution in [3.8, 4) is 0 Å². The van der Waals surface area contributed by atoms with Gasteiger partial charge in [-0.25, -0.2) is 0 Å². The van der Waals surface area contributed by atoms with Crippen molar-refractivity contribution in [3.05, 3.63) is 41.6 Å². The maximum atomic E-state index is 11.6. The van der Waals surface area contributed by atoms with Crippen molar-refractivity contribution in [2.75, 3.05) is 6.54 Å². The van der Waals surface area contributed by atoms with Crippen LogP contribution >= 0.6 is 0 Å². The van der Waals surface area contributed by atoms with Crippen LogP contribution in [0.25, 0.3) is 10.9 Å². The molecule has 1 aromatic heterocycles. The van der Waals surface area contributed by atoms with Crippen molar-refractivity contribution in [1.29, 1.82) is 0 Å². The second kappa shape index (κ2) is 6.32. The van der Waals surface area contributed by atoms with E-state index in [4.69, 9.17) is 0 Å². The summed E-state index contributed by atoms with van der Waals surface area (Å²) in [5, 5.41) is 4.04. The monoisotopic (exact) mass is 256 g/mol. The third-order valence-electron chi connectivity index (χ3n) is 3.16. The predicted octanol–water partition coefficient (Wildman–Crippen LogP) is 3.00. The molecule has 1 N–H and O–H groups in total. The molecular formula is C16H20N2O. The number of aryl methyl sites for hydroxylation is 2. The van der Waals surface area contributed by atoms with Gasteiger partial charge in [0.2, 0.25) is 5.91 Å². The van der Waals surface area contributed by atoms with E-state index in [9.17, 15) is 4.79 Å². The summed E-state index contributed by atoms with van der Waals surface area (Å²) in [5.74, 6) is 0.105. The van der Waals surface area contributed by atoms with Gasteiger partial charge in [0, 0.05) is 24.0 Å². The van der Waals surface area contributed by atoms with E-state index in [2.05, 4.69) is 35.4 Å². The Morgan fingerprint density at radius 1 is 1.26 bits per heavy atom. The van der Waals surface area contributed by atoms with Crippen LogP contribution in [0.15, 0.2) is 30.3 Å². The third kappa shape index (κ3) is 3.53. The molecule has 0 bridgehead atoms. The number of amides is 1. The van der Waals surface area contributed by atoms with Gasteiger partial charge < -0.3 is 5.32 Å². The molecule has 0 saturated carbocycles. The molecule has 2 rings (SSSR count). The number of carbonyl (C=O) groups is 1. The van der Waals surface area contributed by atoms with Gasteiger partial charge in [-0.1, -0.05) is 31.2 Å². The van der Waals surface area contributed by atoms with Crippen molar-refractivity contribution >= 4 is 16.8 Å². The summed E-state index contributed by atoms with van der Waals surface area (Å²) in [5.41, 5.74) is 3.19. The summed E-state index contributed by atoms with van der Waals surface area (Å²) in [6.07, 6.45) is 2.17. The molecule has 0 unspecified atom stereocenters. The molecule has 0 spiro atoms. The Morgan fingerprint density at radius 3 is 2.89 bits per heavy atom. The quantitative estimate of drug-likeness (QED) is 0.893. The maximum absolute atomic E-state index is 11.6. The Bertz CT molecular complexity index is 578. The molecule has 0 aliphatic rings. The number of fused-ring (bicyclic) bond motifs is 1. The first-order valence-electron chi connectivity index (χ1n) is 6.82. The highest BCUT2D eigenvalue weighted by atomic mass is 16.1. The number of hydrogen-bond donors (Lipinski definition) is 1. The third-order valence-corrected chi connectivity index (χ3v) is 3.16. The van der Waals surface area contributed by atoms with Gasteiger partial charge in [-0.2, -0.15) is 0 Å². The Kier molecular flexibility index (Phi) is 4.50. The van der Waals surface area contributed by atoms with Gasteiger partial charge in [-0.3, -0.25) is 9.78 Å². The highest BCUT2D eigenvalue weighted by Crippen LogP contribution is 2.16. The number of para-hydroxylation sites is 1. The van der Waals surface area contributed by atoms with E-state index in [-0.39, 0.29) is 5.91 Å². The number of nitrogens with zero attached hydrogens (tertiary/aromatic N) is 1. The lowest BCUT2D eigenvalue weighted by Crippen LogP contribution is -2.24. The first-order chi connectivity index (χ1) is 9.20. The van der Waals surface area contributed by atoms with Crippen LogP contribution in [0.2, 0.25) is 0 Å². The molecule has 19 heavy (non-hydrogen) atoms. The van der Waals surface area contributed by atoms with Crippen molar-refractivity contribution in [2.24, 2.45) is 0 Å². The molecule has 2 aromatic rings. The number of carbonyl (C=O) groups excluding carboxylic acids is 1. The van der Waals surface area contributed by atoms with E-state index < -0.39 is 0 Å². The zero-order valence-electron chi connectivity index (χ0n) is 11.6. The highest BCUT2D eigenvalue weighted by Gasteiger charge is 2.04. The molecule has 3 heteroatoms. The Morgan fingerprint density at radius 2 is 2.11 bits per heavy atom. The second-order valence-corrected chi connectivity index (χ2v) is 4.80. The number of benzene rings is 1. The van der Waals surface area contributed by atoms with E-state index in [1.54, 1.807) is 0 Å². The zero-order chi connectivity index (χ0) is 13.7. The predicted molar refractivity (Wildman–Crippen MR) is 78.1 cm³/mol. The first kappa shape index (κ1) is 13.5. The van der Waals surface area contributed by atoms with E-state index in [0.29, 0.717) is 12.8 Å². The normalized spacial score (nSPS) is 10.6. The fourth-order valence-electron chi connectivity index (χ4n) is 2.07. The summed E-state index contributed by atoms with van der Waals surface area (Å²) < 4.78 is 0. The van der Waals surface area contributed by atoms with Gasteiger partial charge in [0.05, 0.1) is 5.52 Å². The van der Waals surface area contributed by atoms with Crippen LogP contribution in [0.5, 0.6) is 0 Å². The Hall–Kier alpha value is -1.90. The molecule has 0 radical (unpaired) electrons. The van der Waals surface area contributed by atoms with Crippen LogP contribution in [-0.2, 0) is 11.2 Å². The van der Waals surface area contributed by atoms with Crippen LogP contribution in [-0.4, -0.2) is 17.4 Å². The smallest absolute Gasteiger partial charge is 0.220 e. The van der Waals surface area contributed by atoms with Crippen LogP contribution in [0.4, 0.5) is 0 Å². The average molecular weight is 256 g/mol. The van der Waals surface area contributed by atoms with Gasteiger partial charge in [0.1, 0.15) is 0 Å². The van der Waals surface area contributed by atoms with E-state index in [1.165, 1.54) is 5.56 Å². The van der Waals surface area contributed by atoms with Crippen molar-refractivity contribution < 1.29 is 4.79 Å². The van der Waals surface area contributed by atoms with Gasteiger partial charge in [0.15, 0.2) is 0 Å². The molecule has 0 fully saturated rings. The summed E-state index contributed by atoms with van der Waals surface area (Å²) >= 11 is 0. The minimum Gasteiger partial charge on any atom is -0.356 e. The molecule has 1 amide bonds. The largest absolute Gasteiger partial charge is 0.356 e. The van der Waals surface area contributed by atoms with Crippen molar-refractivity contribution in [3.63, 3.8) is 0 Å². The Labute approximate surface area is 114 Å². The van der Waals surface area contributed by atoms with Crippen molar-refractivity contribution in [2.45, 2.75) is 33.1 Å². The number of rotatable bonds is 5. The fraction of sp³-hybridized carbons (Fsp3) is 0.375. The molecule has 0 aliphatic heterocycles. The van der Waals surface area contributed by atoms with Gasteiger partial charge in [0.25, 0.3) is 0 Å². The topological polar surface area (TPSA) is 42.0 Å². The molecule has 0 atom stereocenters. The Balaban J connectivity index is 2.05. The van der Waals surface area contributed by atoms with E-state index in [1.807, 2.05) is 19.1 Å². The van der Waals surface area contributed by atoms with Crippen LogP contribution in [0.3, 0.4) is 0 Å².